The van der Waals surface area contributed by atoms with Gasteiger partial charge in [0.2, 0.25) is 0 Å². The largest absolute Gasteiger partial charge is 0.372 e. The minimum Gasteiger partial charge on any atom is -0.372 e. The highest BCUT2D eigenvalue weighted by Crippen LogP contribution is 2.45. The van der Waals surface area contributed by atoms with Gasteiger partial charge in [0.05, 0.1) is 35.6 Å². The van der Waals surface area contributed by atoms with Gasteiger partial charge in [-0.1, -0.05) is 0 Å². The van der Waals surface area contributed by atoms with Gasteiger partial charge in [0.15, 0.2) is 0 Å². The van der Waals surface area contributed by atoms with Crippen LogP contribution in [0.2, 0.25) is 0 Å². The molecule has 1 aromatic heterocycles. The van der Waals surface area contributed by atoms with Gasteiger partial charge in [0.25, 0.3) is 0 Å². The Morgan fingerprint density at radius 3 is 2.68 bits per heavy atom. The van der Waals surface area contributed by atoms with Gasteiger partial charge in [0.1, 0.15) is 12.1 Å². The fourth-order valence-corrected chi connectivity index (χ4v) is 5.18. The average molecular weight is 388 g/mol. The second-order valence-electron chi connectivity index (χ2n) is 9.50. The maximum absolute atomic E-state index is 6.41. The molecule has 4 aliphatic rings. The van der Waals surface area contributed by atoms with Crippen LogP contribution < -0.4 is 15.8 Å². The van der Waals surface area contributed by atoms with Crippen LogP contribution in [0.25, 0.3) is 0 Å². The van der Waals surface area contributed by atoms with Crippen molar-refractivity contribution in [2.45, 2.75) is 88.9 Å². The molecule has 0 amide bonds. The van der Waals surface area contributed by atoms with Gasteiger partial charge in [-0.3, -0.25) is 5.43 Å². The van der Waals surface area contributed by atoms with Gasteiger partial charge in [-0.25, -0.2) is 15.4 Å². The summed E-state index contributed by atoms with van der Waals surface area (Å²) in [7, 11) is 0. The van der Waals surface area contributed by atoms with Crippen molar-refractivity contribution in [1.29, 1.82) is 0 Å². The molecule has 3 heterocycles. The van der Waals surface area contributed by atoms with E-state index >= 15 is 0 Å². The Kier molecular flexibility index (Phi) is 4.82. The summed E-state index contributed by atoms with van der Waals surface area (Å²) in [5.41, 5.74) is 8.27. The minimum atomic E-state index is 0.151. The molecule has 0 aromatic carbocycles. The second-order valence-corrected chi connectivity index (χ2v) is 9.50. The number of ether oxygens (including phenoxy) is 2. The van der Waals surface area contributed by atoms with Crippen LogP contribution in [-0.2, 0) is 9.47 Å². The number of anilines is 1. The number of hydrogen-bond donors (Lipinski definition) is 2. The van der Waals surface area contributed by atoms with E-state index in [2.05, 4.69) is 52.6 Å². The first-order valence-electron chi connectivity index (χ1n) is 10.9. The standard InChI is InChI=1S/C21H33N5O2/c1-13-10-26(11-14(2)27-13)19-9-18(22-12-23-19)20-16-8-15(28-21(3)6-7-21)4-5-17(16)24-25-20/h9,12-17,20,24-25H,4-8,10-11H2,1-3H3/t13-,14+,15?,16?,17?,20?. The van der Waals surface area contributed by atoms with E-state index in [1.54, 1.807) is 6.33 Å². The second kappa shape index (κ2) is 7.20. The molecule has 2 aliphatic heterocycles. The fraction of sp³-hybridized carbons (Fsp3) is 0.810. The van der Waals surface area contributed by atoms with Crippen molar-refractivity contribution in [2.24, 2.45) is 5.92 Å². The molecule has 2 saturated heterocycles. The van der Waals surface area contributed by atoms with Gasteiger partial charge in [-0.15, -0.1) is 0 Å². The Balaban J connectivity index is 1.31. The molecular formula is C21H33N5O2. The van der Waals surface area contributed by atoms with Gasteiger partial charge >= 0.3 is 0 Å². The number of rotatable bonds is 4. The molecule has 4 fully saturated rings. The van der Waals surface area contributed by atoms with Crippen molar-refractivity contribution in [3.05, 3.63) is 18.1 Å². The van der Waals surface area contributed by atoms with E-state index in [-0.39, 0.29) is 23.9 Å². The van der Waals surface area contributed by atoms with Crippen LogP contribution in [-0.4, -0.2) is 53.0 Å². The molecule has 7 heteroatoms. The summed E-state index contributed by atoms with van der Waals surface area (Å²) in [5, 5.41) is 0. The highest BCUT2D eigenvalue weighted by atomic mass is 16.5. The monoisotopic (exact) mass is 387 g/mol. The normalized spacial score (nSPS) is 39.6. The average Bonchev–Trinajstić information content (AvgIpc) is 3.24. The maximum atomic E-state index is 6.41. The van der Waals surface area contributed by atoms with Crippen molar-refractivity contribution < 1.29 is 9.47 Å². The Morgan fingerprint density at radius 1 is 1.14 bits per heavy atom. The van der Waals surface area contributed by atoms with E-state index in [9.17, 15) is 0 Å². The number of nitrogens with zero attached hydrogens (tertiary/aromatic N) is 3. The van der Waals surface area contributed by atoms with Crippen molar-refractivity contribution in [1.82, 2.24) is 20.8 Å². The Morgan fingerprint density at radius 2 is 1.93 bits per heavy atom. The summed E-state index contributed by atoms with van der Waals surface area (Å²) in [6.45, 7) is 8.25. The first-order chi connectivity index (χ1) is 13.5. The molecule has 4 unspecified atom stereocenters. The van der Waals surface area contributed by atoms with E-state index in [1.165, 1.54) is 12.8 Å². The topological polar surface area (TPSA) is 71.5 Å². The number of aromatic nitrogens is 2. The first kappa shape index (κ1) is 18.7. The van der Waals surface area contributed by atoms with E-state index < -0.39 is 0 Å². The van der Waals surface area contributed by atoms with Crippen LogP contribution in [0.5, 0.6) is 0 Å². The molecule has 2 N–H and O–H groups in total. The molecule has 6 atom stereocenters. The molecule has 7 nitrogen and oxygen atoms in total. The zero-order valence-corrected chi connectivity index (χ0v) is 17.2. The van der Waals surface area contributed by atoms with E-state index in [0.717, 1.165) is 43.9 Å². The van der Waals surface area contributed by atoms with Gasteiger partial charge in [-0.05, 0) is 52.9 Å². The molecule has 28 heavy (non-hydrogen) atoms. The molecule has 154 valence electrons. The Hall–Kier alpha value is -1.28. The molecule has 0 radical (unpaired) electrons. The highest BCUT2D eigenvalue weighted by Gasteiger charge is 2.46. The van der Waals surface area contributed by atoms with Gasteiger partial charge in [-0.2, -0.15) is 0 Å². The highest BCUT2D eigenvalue weighted by molar-refractivity contribution is 5.41. The molecule has 2 saturated carbocycles. The third-order valence-electron chi connectivity index (χ3n) is 6.85. The fourth-order valence-electron chi connectivity index (χ4n) is 5.18. The number of hydrogen-bond acceptors (Lipinski definition) is 7. The Bertz CT molecular complexity index is 702. The summed E-state index contributed by atoms with van der Waals surface area (Å²) in [5.74, 6) is 1.51. The number of fused-ring (bicyclic) bond motifs is 1. The van der Waals surface area contributed by atoms with Gasteiger partial charge < -0.3 is 14.4 Å². The molecule has 5 rings (SSSR count). The lowest BCUT2D eigenvalue weighted by Crippen LogP contribution is -2.46. The molecular weight excluding hydrogens is 354 g/mol. The van der Waals surface area contributed by atoms with Crippen molar-refractivity contribution in [3.63, 3.8) is 0 Å². The summed E-state index contributed by atoms with van der Waals surface area (Å²) < 4.78 is 12.3. The lowest BCUT2D eigenvalue weighted by atomic mass is 9.79. The summed E-state index contributed by atoms with van der Waals surface area (Å²) >= 11 is 0. The van der Waals surface area contributed by atoms with Crippen molar-refractivity contribution in [3.8, 4) is 0 Å². The predicted molar refractivity (Wildman–Crippen MR) is 107 cm³/mol. The van der Waals surface area contributed by atoms with Crippen LogP contribution in [0.1, 0.15) is 64.6 Å². The maximum Gasteiger partial charge on any atom is 0.132 e. The summed E-state index contributed by atoms with van der Waals surface area (Å²) in [6.07, 6.45) is 8.35. The van der Waals surface area contributed by atoms with Crippen LogP contribution in [0.4, 0.5) is 5.82 Å². The van der Waals surface area contributed by atoms with Crippen LogP contribution in [0.15, 0.2) is 12.4 Å². The van der Waals surface area contributed by atoms with E-state index in [1.807, 2.05) is 0 Å². The smallest absolute Gasteiger partial charge is 0.132 e. The van der Waals surface area contributed by atoms with Crippen molar-refractivity contribution in [2.75, 3.05) is 18.0 Å². The van der Waals surface area contributed by atoms with Crippen LogP contribution in [0.3, 0.4) is 0 Å². The number of morpholine rings is 1. The molecule has 0 bridgehead atoms. The lowest BCUT2D eigenvalue weighted by Gasteiger charge is -2.36. The third kappa shape index (κ3) is 3.77. The first-order valence-corrected chi connectivity index (χ1v) is 10.9. The number of nitrogens with one attached hydrogen (secondary N) is 2. The molecule has 2 aliphatic carbocycles. The minimum absolute atomic E-state index is 0.151. The summed E-state index contributed by atoms with van der Waals surface area (Å²) in [6, 6.07) is 2.87. The quantitative estimate of drug-likeness (QED) is 0.822. The predicted octanol–water partition coefficient (Wildman–Crippen LogP) is 2.35. The van der Waals surface area contributed by atoms with E-state index in [4.69, 9.17) is 9.47 Å². The van der Waals surface area contributed by atoms with E-state index in [0.29, 0.717) is 18.1 Å². The Labute approximate surface area is 167 Å². The zero-order chi connectivity index (χ0) is 19.3. The zero-order valence-electron chi connectivity index (χ0n) is 17.2. The third-order valence-corrected chi connectivity index (χ3v) is 6.85. The summed E-state index contributed by atoms with van der Waals surface area (Å²) in [4.78, 5) is 11.5. The number of hydrazine groups is 1. The van der Waals surface area contributed by atoms with Crippen LogP contribution >= 0.6 is 0 Å². The van der Waals surface area contributed by atoms with Crippen LogP contribution in [0, 0.1) is 5.92 Å². The molecule has 1 aromatic rings. The lowest BCUT2D eigenvalue weighted by molar-refractivity contribution is -0.0500. The van der Waals surface area contributed by atoms with Crippen molar-refractivity contribution >= 4 is 5.82 Å². The van der Waals surface area contributed by atoms with Gasteiger partial charge in [0, 0.05) is 31.1 Å². The molecule has 0 spiro atoms. The SMILES string of the molecule is C[C@@H]1CN(c2cc(C3NNC4CCC(OC5(C)CC5)CC43)ncn2)C[C@H](C)O1.